The molecule has 0 fully saturated rings. The molecular formula is C20H25N7O. The zero-order valence-electron chi connectivity index (χ0n) is 16.3. The van der Waals surface area contributed by atoms with E-state index in [1.807, 2.05) is 31.2 Å². The first-order chi connectivity index (χ1) is 13.6. The molecule has 0 aliphatic heterocycles. The summed E-state index contributed by atoms with van der Waals surface area (Å²) in [6, 6.07) is 7.57. The number of H-pyrrole nitrogens is 1. The SMILES string of the molecule is Cc1cc(Nc2cc(C(C)C)n[nH]2)nc(NCCOc2cccnc2)c1C=N. The highest BCUT2D eigenvalue weighted by Crippen LogP contribution is 2.23. The summed E-state index contributed by atoms with van der Waals surface area (Å²) in [4.78, 5) is 8.63. The largest absolute Gasteiger partial charge is 0.490 e. The summed E-state index contributed by atoms with van der Waals surface area (Å²) in [5.41, 5.74) is 2.69. The van der Waals surface area contributed by atoms with Crippen LogP contribution in [-0.2, 0) is 0 Å². The van der Waals surface area contributed by atoms with Gasteiger partial charge in [0, 0.05) is 24.0 Å². The van der Waals surface area contributed by atoms with Crippen molar-refractivity contribution in [3.63, 3.8) is 0 Å². The fourth-order valence-electron chi connectivity index (χ4n) is 2.67. The molecule has 0 aliphatic rings. The van der Waals surface area contributed by atoms with Gasteiger partial charge in [-0.3, -0.25) is 10.1 Å². The first-order valence-electron chi connectivity index (χ1n) is 9.18. The van der Waals surface area contributed by atoms with Gasteiger partial charge in [0.2, 0.25) is 0 Å². The summed E-state index contributed by atoms with van der Waals surface area (Å²) in [6.45, 7) is 7.15. The second-order valence-electron chi connectivity index (χ2n) is 6.68. The maximum Gasteiger partial charge on any atom is 0.137 e. The number of anilines is 3. The van der Waals surface area contributed by atoms with E-state index < -0.39 is 0 Å². The molecule has 3 aromatic heterocycles. The minimum Gasteiger partial charge on any atom is -0.490 e. The summed E-state index contributed by atoms with van der Waals surface area (Å²) in [7, 11) is 0. The number of hydrogen-bond acceptors (Lipinski definition) is 7. The van der Waals surface area contributed by atoms with Gasteiger partial charge in [-0.05, 0) is 36.6 Å². The van der Waals surface area contributed by atoms with Crippen LogP contribution in [0.25, 0.3) is 0 Å². The van der Waals surface area contributed by atoms with Crippen LogP contribution < -0.4 is 15.4 Å². The average molecular weight is 379 g/mol. The van der Waals surface area contributed by atoms with E-state index in [4.69, 9.17) is 10.1 Å². The quantitative estimate of drug-likeness (QED) is 0.332. The van der Waals surface area contributed by atoms with Crippen molar-refractivity contribution >= 4 is 23.7 Å². The smallest absolute Gasteiger partial charge is 0.137 e. The molecule has 0 saturated carbocycles. The third-order valence-corrected chi connectivity index (χ3v) is 4.16. The van der Waals surface area contributed by atoms with Gasteiger partial charge < -0.3 is 20.8 Å². The van der Waals surface area contributed by atoms with Crippen molar-refractivity contribution in [2.75, 3.05) is 23.8 Å². The summed E-state index contributed by atoms with van der Waals surface area (Å²) in [5, 5.41) is 21.5. The number of hydrogen-bond donors (Lipinski definition) is 4. The van der Waals surface area contributed by atoms with Crippen molar-refractivity contribution in [2.45, 2.75) is 26.7 Å². The molecule has 0 amide bonds. The van der Waals surface area contributed by atoms with Crippen LogP contribution >= 0.6 is 0 Å². The maximum absolute atomic E-state index is 7.70. The molecule has 4 N–H and O–H groups in total. The van der Waals surface area contributed by atoms with Gasteiger partial charge in [0.15, 0.2) is 0 Å². The molecule has 0 bridgehead atoms. The fraction of sp³-hybridized carbons (Fsp3) is 0.300. The first kappa shape index (κ1) is 19.3. The predicted octanol–water partition coefficient (Wildman–Crippen LogP) is 3.86. The highest BCUT2D eigenvalue weighted by atomic mass is 16.5. The Bertz CT molecular complexity index is 922. The first-order valence-corrected chi connectivity index (χ1v) is 9.18. The molecule has 3 rings (SSSR count). The van der Waals surface area contributed by atoms with E-state index in [-0.39, 0.29) is 0 Å². The lowest BCUT2D eigenvalue weighted by atomic mass is 10.1. The molecule has 8 heteroatoms. The molecule has 0 spiro atoms. The Morgan fingerprint density at radius 2 is 2.18 bits per heavy atom. The van der Waals surface area contributed by atoms with Gasteiger partial charge in [0.1, 0.15) is 29.8 Å². The minimum absolute atomic E-state index is 0.346. The molecule has 146 valence electrons. The zero-order valence-corrected chi connectivity index (χ0v) is 16.3. The van der Waals surface area contributed by atoms with Crippen molar-refractivity contribution in [3.05, 3.63) is 53.5 Å². The zero-order chi connectivity index (χ0) is 19.9. The van der Waals surface area contributed by atoms with E-state index >= 15 is 0 Å². The standard InChI is InChI=1S/C20H25N7O/c1-13(2)17-10-19(27-26-17)24-18-9-14(3)16(11-21)20(25-18)23-7-8-28-15-5-4-6-22-12-15/h4-6,9-13,21H,7-8H2,1-3H3,(H3,23,24,25,26,27). The van der Waals surface area contributed by atoms with Crippen LogP contribution in [0.3, 0.4) is 0 Å². The van der Waals surface area contributed by atoms with Crippen molar-refractivity contribution < 1.29 is 4.74 Å². The molecule has 0 unspecified atom stereocenters. The van der Waals surface area contributed by atoms with Crippen molar-refractivity contribution in [2.24, 2.45) is 0 Å². The van der Waals surface area contributed by atoms with Crippen LogP contribution in [0.15, 0.2) is 36.7 Å². The van der Waals surface area contributed by atoms with E-state index in [1.165, 1.54) is 6.21 Å². The number of aryl methyl sites for hydroxylation is 1. The summed E-state index contributed by atoms with van der Waals surface area (Å²) in [5.74, 6) is 3.16. The maximum atomic E-state index is 7.70. The Kier molecular flexibility index (Phi) is 6.21. The molecule has 3 heterocycles. The van der Waals surface area contributed by atoms with Gasteiger partial charge in [-0.15, -0.1) is 0 Å². The normalized spacial score (nSPS) is 10.7. The number of ether oxygens (including phenoxy) is 1. The number of aromatic nitrogens is 4. The van der Waals surface area contributed by atoms with Gasteiger partial charge in [0.25, 0.3) is 0 Å². The van der Waals surface area contributed by atoms with E-state index in [1.54, 1.807) is 12.4 Å². The number of nitrogens with one attached hydrogen (secondary N) is 4. The Morgan fingerprint density at radius 3 is 2.86 bits per heavy atom. The third-order valence-electron chi connectivity index (χ3n) is 4.16. The van der Waals surface area contributed by atoms with Gasteiger partial charge in [0.05, 0.1) is 18.4 Å². The Labute approximate surface area is 164 Å². The molecule has 28 heavy (non-hydrogen) atoms. The van der Waals surface area contributed by atoms with Crippen LogP contribution in [0.2, 0.25) is 0 Å². The van der Waals surface area contributed by atoms with Gasteiger partial charge in [-0.25, -0.2) is 4.98 Å². The van der Waals surface area contributed by atoms with E-state index in [0.29, 0.717) is 30.7 Å². The number of nitrogens with zero attached hydrogens (tertiary/aromatic N) is 3. The van der Waals surface area contributed by atoms with Crippen LogP contribution in [0.5, 0.6) is 5.75 Å². The second kappa shape index (κ2) is 8.98. The lowest BCUT2D eigenvalue weighted by Crippen LogP contribution is -2.15. The predicted molar refractivity (Wildman–Crippen MR) is 111 cm³/mol. The summed E-state index contributed by atoms with van der Waals surface area (Å²) < 4.78 is 5.64. The molecule has 0 aliphatic carbocycles. The Morgan fingerprint density at radius 1 is 1.32 bits per heavy atom. The summed E-state index contributed by atoms with van der Waals surface area (Å²) >= 11 is 0. The molecule has 0 radical (unpaired) electrons. The number of pyridine rings is 2. The third kappa shape index (κ3) is 4.85. The average Bonchev–Trinajstić information content (AvgIpc) is 3.15. The van der Waals surface area contributed by atoms with E-state index in [0.717, 1.165) is 28.4 Å². The van der Waals surface area contributed by atoms with Crippen LogP contribution in [-0.4, -0.2) is 39.5 Å². The summed E-state index contributed by atoms with van der Waals surface area (Å²) in [6.07, 6.45) is 4.69. The highest BCUT2D eigenvalue weighted by Gasteiger charge is 2.10. The van der Waals surface area contributed by atoms with E-state index in [2.05, 4.69) is 44.6 Å². The van der Waals surface area contributed by atoms with Crippen LogP contribution in [0.4, 0.5) is 17.5 Å². The monoisotopic (exact) mass is 379 g/mol. The van der Waals surface area contributed by atoms with Gasteiger partial charge >= 0.3 is 0 Å². The Hall–Kier alpha value is -3.42. The molecule has 0 aromatic carbocycles. The lowest BCUT2D eigenvalue weighted by molar-refractivity contribution is 0.331. The van der Waals surface area contributed by atoms with Gasteiger partial charge in [-0.1, -0.05) is 13.8 Å². The van der Waals surface area contributed by atoms with Crippen molar-refractivity contribution in [3.8, 4) is 5.75 Å². The Balaban J connectivity index is 1.67. The molecule has 0 atom stereocenters. The fourth-order valence-corrected chi connectivity index (χ4v) is 2.67. The molecule has 3 aromatic rings. The highest BCUT2D eigenvalue weighted by molar-refractivity contribution is 5.87. The molecular weight excluding hydrogens is 354 g/mol. The lowest BCUT2D eigenvalue weighted by Gasteiger charge is -2.14. The topological polar surface area (TPSA) is 112 Å². The second-order valence-corrected chi connectivity index (χ2v) is 6.68. The van der Waals surface area contributed by atoms with Crippen LogP contribution in [0.1, 0.15) is 36.6 Å². The molecule has 0 saturated heterocycles. The van der Waals surface area contributed by atoms with Crippen molar-refractivity contribution in [1.82, 2.24) is 20.2 Å². The number of rotatable bonds is 9. The van der Waals surface area contributed by atoms with Crippen LogP contribution in [0, 0.1) is 12.3 Å². The molecule has 8 nitrogen and oxygen atoms in total. The minimum atomic E-state index is 0.346. The van der Waals surface area contributed by atoms with Gasteiger partial charge in [-0.2, -0.15) is 5.10 Å². The van der Waals surface area contributed by atoms with Crippen molar-refractivity contribution in [1.29, 1.82) is 5.41 Å². The number of aromatic amines is 1. The van der Waals surface area contributed by atoms with E-state index in [9.17, 15) is 0 Å².